The summed E-state index contributed by atoms with van der Waals surface area (Å²) in [6, 6.07) is 1.14. The van der Waals surface area contributed by atoms with E-state index < -0.39 is 0 Å². The van der Waals surface area contributed by atoms with Gasteiger partial charge in [0.1, 0.15) is 0 Å². The van der Waals surface area contributed by atoms with E-state index in [9.17, 15) is 4.79 Å². The molecular weight excluding hydrogens is 200 g/mol. The Morgan fingerprint density at radius 1 is 1.38 bits per heavy atom. The summed E-state index contributed by atoms with van der Waals surface area (Å²) in [4.78, 5) is 13.4. The van der Waals surface area contributed by atoms with Gasteiger partial charge in [0.25, 0.3) is 0 Å². The average Bonchev–Trinajstić information content (AvgIpc) is 2.69. The zero-order chi connectivity index (χ0) is 12.0. The van der Waals surface area contributed by atoms with Gasteiger partial charge >= 0.3 is 0 Å². The third-order valence-corrected chi connectivity index (χ3v) is 3.51. The molecule has 0 saturated carbocycles. The van der Waals surface area contributed by atoms with Crippen molar-refractivity contribution in [3.8, 4) is 0 Å². The predicted octanol–water partition coefficient (Wildman–Crippen LogP) is 2.17. The number of rotatable bonds is 7. The molecule has 0 aliphatic carbocycles. The van der Waals surface area contributed by atoms with Crippen molar-refractivity contribution >= 4 is 5.91 Å². The van der Waals surface area contributed by atoms with Crippen molar-refractivity contribution in [3.63, 3.8) is 0 Å². The highest BCUT2D eigenvalue weighted by Crippen LogP contribution is 2.11. The van der Waals surface area contributed by atoms with Crippen LogP contribution in [0.15, 0.2) is 0 Å². The zero-order valence-electron chi connectivity index (χ0n) is 11.0. The van der Waals surface area contributed by atoms with E-state index in [0.29, 0.717) is 18.0 Å². The van der Waals surface area contributed by atoms with Crippen LogP contribution in [0.25, 0.3) is 0 Å². The van der Waals surface area contributed by atoms with Gasteiger partial charge in [-0.05, 0) is 32.6 Å². The molecule has 1 N–H and O–H groups in total. The largest absolute Gasteiger partial charge is 0.343 e. The van der Waals surface area contributed by atoms with Crippen LogP contribution < -0.4 is 5.32 Å². The Morgan fingerprint density at radius 2 is 2.06 bits per heavy atom. The van der Waals surface area contributed by atoms with Crippen molar-refractivity contribution in [2.45, 2.75) is 65.0 Å². The molecular formula is C13H26N2O. The minimum absolute atomic E-state index is 0.342. The molecule has 0 radical (unpaired) electrons. The van der Waals surface area contributed by atoms with Gasteiger partial charge in [-0.25, -0.2) is 0 Å². The van der Waals surface area contributed by atoms with Crippen molar-refractivity contribution in [2.24, 2.45) is 0 Å². The molecule has 1 amide bonds. The van der Waals surface area contributed by atoms with Gasteiger partial charge < -0.3 is 10.2 Å². The Balaban J connectivity index is 2.18. The van der Waals surface area contributed by atoms with Crippen LogP contribution in [-0.4, -0.2) is 36.0 Å². The third kappa shape index (κ3) is 4.12. The van der Waals surface area contributed by atoms with Crippen LogP contribution in [-0.2, 0) is 4.79 Å². The molecule has 16 heavy (non-hydrogen) atoms. The second-order valence-corrected chi connectivity index (χ2v) is 4.85. The van der Waals surface area contributed by atoms with Gasteiger partial charge in [-0.2, -0.15) is 0 Å². The summed E-state index contributed by atoms with van der Waals surface area (Å²) in [5, 5.41) is 3.62. The summed E-state index contributed by atoms with van der Waals surface area (Å²) in [5.41, 5.74) is 0. The molecule has 1 atom stereocenters. The lowest BCUT2D eigenvalue weighted by Gasteiger charge is -2.23. The highest BCUT2D eigenvalue weighted by molar-refractivity contribution is 5.77. The molecule has 1 aliphatic heterocycles. The lowest BCUT2D eigenvalue weighted by atomic mass is 10.1. The minimum atomic E-state index is 0.342. The fraction of sp³-hybridized carbons (Fsp3) is 0.923. The monoisotopic (exact) mass is 226 g/mol. The molecule has 1 heterocycles. The van der Waals surface area contributed by atoms with E-state index in [1.54, 1.807) is 0 Å². The molecule has 0 aromatic heterocycles. The Kier molecular flexibility index (Phi) is 5.81. The highest BCUT2D eigenvalue weighted by Gasteiger charge is 2.20. The van der Waals surface area contributed by atoms with Gasteiger partial charge in [0, 0.05) is 31.6 Å². The van der Waals surface area contributed by atoms with E-state index >= 15 is 0 Å². The molecule has 1 saturated heterocycles. The van der Waals surface area contributed by atoms with Crippen molar-refractivity contribution in [1.29, 1.82) is 0 Å². The first kappa shape index (κ1) is 13.5. The molecule has 1 rings (SSSR count). The molecule has 3 heteroatoms. The van der Waals surface area contributed by atoms with E-state index in [1.807, 2.05) is 4.90 Å². The Labute approximate surface area is 99.6 Å². The molecule has 0 aromatic carbocycles. The quantitative estimate of drug-likeness (QED) is 0.721. The molecule has 0 spiro atoms. The van der Waals surface area contributed by atoms with E-state index in [4.69, 9.17) is 0 Å². The second-order valence-electron chi connectivity index (χ2n) is 4.85. The summed E-state index contributed by atoms with van der Waals surface area (Å²) in [5.74, 6) is 0.342. The molecule has 1 unspecified atom stereocenters. The number of amides is 1. The van der Waals surface area contributed by atoms with E-state index in [0.717, 1.165) is 32.4 Å². The van der Waals surface area contributed by atoms with Crippen LogP contribution >= 0.6 is 0 Å². The standard InChI is InChI=1S/C13H26N2O/c1-4-12(5-2)14-11(3)8-10-15-9-6-7-13(15)16/h11-12,14H,4-10H2,1-3H3. The first-order valence-corrected chi connectivity index (χ1v) is 6.71. The number of likely N-dealkylation sites (tertiary alicyclic amines) is 1. The number of carbonyl (C=O) groups is 1. The Hall–Kier alpha value is -0.570. The fourth-order valence-electron chi connectivity index (χ4n) is 2.30. The first-order valence-electron chi connectivity index (χ1n) is 6.71. The van der Waals surface area contributed by atoms with Gasteiger partial charge in [0.05, 0.1) is 0 Å². The van der Waals surface area contributed by atoms with E-state index in [1.165, 1.54) is 12.8 Å². The van der Waals surface area contributed by atoms with Crippen LogP contribution in [0.2, 0.25) is 0 Å². The lowest BCUT2D eigenvalue weighted by Crippen LogP contribution is -2.38. The highest BCUT2D eigenvalue weighted by atomic mass is 16.2. The van der Waals surface area contributed by atoms with E-state index in [2.05, 4.69) is 26.1 Å². The summed E-state index contributed by atoms with van der Waals surface area (Å²) >= 11 is 0. The second kappa shape index (κ2) is 6.89. The Bertz CT molecular complexity index is 214. The molecule has 0 aromatic rings. The number of carbonyl (C=O) groups excluding carboxylic acids is 1. The fourth-order valence-corrected chi connectivity index (χ4v) is 2.30. The summed E-state index contributed by atoms with van der Waals surface area (Å²) < 4.78 is 0. The number of hydrogen-bond acceptors (Lipinski definition) is 2. The predicted molar refractivity (Wildman–Crippen MR) is 67.4 cm³/mol. The number of nitrogens with zero attached hydrogens (tertiary/aromatic N) is 1. The van der Waals surface area contributed by atoms with Gasteiger partial charge in [-0.1, -0.05) is 13.8 Å². The topological polar surface area (TPSA) is 32.3 Å². The average molecular weight is 226 g/mol. The number of hydrogen-bond donors (Lipinski definition) is 1. The van der Waals surface area contributed by atoms with Gasteiger partial charge in [0.15, 0.2) is 0 Å². The van der Waals surface area contributed by atoms with Gasteiger partial charge in [0.2, 0.25) is 5.91 Å². The van der Waals surface area contributed by atoms with Gasteiger partial charge in [-0.15, -0.1) is 0 Å². The molecule has 94 valence electrons. The summed E-state index contributed by atoms with van der Waals surface area (Å²) in [6.45, 7) is 8.55. The lowest BCUT2D eigenvalue weighted by molar-refractivity contribution is -0.127. The van der Waals surface area contributed by atoms with Crippen LogP contribution in [0.3, 0.4) is 0 Å². The van der Waals surface area contributed by atoms with Crippen LogP contribution in [0.4, 0.5) is 0 Å². The van der Waals surface area contributed by atoms with Crippen LogP contribution in [0.5, 0.6) is 0 Å². The number of nitrogens with one attached hydrogen (secondary N) is 1. The maximum Gasteiger partial charge on any atom is 0.222 e. The van der Waals surface area contributed by atoms with Crippen molar-refractivity contribution in [2.75, 3.05) is 13.1 Å². The maximum absolute atomic E-state index is 11.4. The van der Waals surface area contributed by atoms with Crippen LogP contribution in [0, 0.1) is 0 Å². The molecule has 3 nitrogen and oxygen atoms in total. The van der Waals surface area contributed by atoms with Crippen molar-refractivity contribution in [3.05, 3.63) is 0 Å². The van der Waals surface area contributed by atoms with Crippen molar-refractivity contribution < 1.29 is 4.79 Å². The van der Waals surface area contributed by atoms with Crippen molar-refractivity contribution in [1.82, 2.24) is 10.2 Å². The maximum atomic E-state index is 11.4. The van der Waals surface area contributed by atoms with Crippen LogP contribution in [0.1, 0.15) is 52.9 Å². The summed E-state index contributed by atoms with van der Waals surface area (Å²) in [6.07, 6.45) is 5.25. The zero-order valence-corrected chi connectivity index (χ0v) is 11.0. The molecule has 1 fully saturated rings. The van der Waals surface area contributed by atoms with Gasteiger partial charge in [-0.3, -0.25) is 4.79 Å². The third-order valence-electron chi connectivity index (χ3n) is 3.51. The Morgan fingerprint density at radius 3 is 2.56 bits per heavy atom. The minimum Gasteiger partial charge on any atom is -0.343 e. The smallest absolute Gasteiger partial charge is 0.222 e. The first-order chi connectivity index (χ1) is 7.67. The SMILES string of the molecule is CCC(CC)NC(C)CCN1CCCC1=O. The summed E-state index contributed by atoms with van der Waals surface area (Å²) in [7, 11) is 0. The molecule has 1 aliphatic rings. The molecule has 0 bridgehead atoms. The normalized spacial score (nSPS) is 18.5. The van der Waals surface area contributed by atoms with E-state index in [-0.39, 0.29) is 0 Å².